The van der Waals surface area contributed by atoms with Crippen LogP contribution in [0.2, 0.25) is 0 Å². The fourth-order valence-electron chi connectivity index (χ4n) is 3.16. The summed E-state index contributed by atoms with van der Waals surface area (Å²) in [6.45, 7) is 3.85. The number of nitrogens with one attached hydrogen (secondary N) is 1. The Bertz CT molecular complexity index is 1220. The van der Waals surface area contributed by atoms with Crippen LogP contribution in [0.25, 0.3) is 11.0 Å². The maximum absolute atomic E-state index is 12.9. The molecule has 0 radical (unpaired) electrons. The maximum atomic E-state index is 12.9. The van der Waals surface area contributed by atoms with Crippen molar-refractivity contribution in [3.8, 4) is 0 Å². The molecule has 1 N–H and O–H groups in total. The van der Waals surface area contributed by atoms with Gasteiger partial charge in [0, 0.05) is 38.3 Å². The van der Waals surface area contributed by atoms with Crippen molar-refractivity contribution < 1.29 is 14.0 Å². The molecule has 0 spiro atoms. The number of anilines is 1. The molecule has 29 heavy (non-hydrogen) atoms. The van der Waals surface area contributed by atoms with Gasteiger partial charge in [0.15, 0.2) is 5.76 Å². The lowest BCUT2D eigenvalue weighted by Gasteiger charge is -2.05. The van der Waals surface area contributed by atoms with Crippen LogP contribution < -0.4 is 5.32 Å². The van der Waals surface area contributed by atoms with Crippen molar-refractivity contribution in [1.29, 1.82) is 0 Å². The summed E-state index contributed by atoms with van der Waals surface area (Å²) in [6, 6.07) is 19.9. The van der Waals surface area contributed by atoms with Crippen molar-refractivity contribution in [2.24, 2.45) is 0 Å². The first-order valence-electron chi connectivity index (χ1n) is 9.14. The van der Waals surface area contributed by atoms with E-state index in [-0.39, 0.29) is 11.7 Å². The molecule has 0 bridgehead atoms. The molecule has 0 aliphatic heterocycles. The molecule has 3 aromatic carbocycles. The Morgan fingerprint density at radius 2 is 1.52 bits per heavy atom. The van der Waals surface area contributed by atoms with Crippen LogP contribution in [0.15, 0.2) is 75.6 Å². The summed E-state index contributed by atoms with van der Waals surface area (Å²) in [4.78, 5) is 25.3. The van der Waals surface area contributed by atoms with Crippen LogP contribution in [-0.4, -0.2) is 11.7 Å². The van der Waals surface area contributed by atoms with Crippen molar-refractivity contribution in [2.45, 2.75) is 13.8 Å². The predicted octanol–water partition coefficient (Wildman–Crippen LogP) is 6.30. The number of fused-ring (bicyclic) bond motifs is 1. The number of rotatable bonds is 4. The van der Waals surface area contributed by atoms with Gasteiger partial charge in [0.05, 0.1) is 0 Å². The quantitative estimate of drug-likeness (QED) is 0.373. The zero-order chi connectivity index (χ0) is 20.5. The average molecular weight is 448 g/mol. The van der Waals surface area contributed by atoms with Crippen molar-refractivity contribution >= 4 is 44.3 Å². The molecule has 1 amide bonds. The Labute approximate surface area is 176 Å². The lowest BCUT2D eigenvalue weighted by atomic mass is 10.0. The van der Waals surface area contributed by atoms with Crippen LogP contribution in [0.5, 0.6) is 0 Å². The highest BCUT2D eigenvalue weighted by molar-refractivity contribution is 9.10. The second kappa shape index (κ2) is 7.68. The zero-order valence-corrected chi connectivity index (χ0v) is 17.5. The molecule has 0 saturated heterocycles. The van der Waals surface area contributed by atoms with E-state index < -0.39 is 0 Å². The SMILES string of the molecule is Cc1ccc(C(=O)c2oc3cc(NC(=O)c4ccc(Br)cc4)ccc3c2C)cc1. The highest BCUT2D eigenvalue weighted by atomic mass is 79.9. The fraction of sp³-hybridized carbons (Fsp3) is 0.0833. The second-order valence-electron chi connectivity index (χ2n) is 6.92. The highest BCUT2D eigenvalue weighted by Crippen LogP contribution is 2.29. The molecule has 1 heterocycles. The van der Waals surface area contributed by atoms with Crippen molar-refractivity contribution in [3.63, 3.8) is 0 Å². The number of halogens is 1. The predicted molar refractivity (Wildman–Crippen MR) is 118 cm³/mol. The lowest BCUT2D eigenvalue weighted by Crippen LogP contribution is -2.11. The molecule has 5 heteroatoms. The van der Waals surface area contributed by atoms with Crippen LogP contribution in [0.3, 0.4) is 0 Å². The van der Waals surface area contributed by atoms with Gasteiger partial charge in [0.25, 0.3) is 5.91 Å². The Morgan fingerprint density at radius 3 is 2.21 bits per heavy atom. The number of furan rings is 1. The third-order valence-electron chi connectivity index (χ3n) is 4.82. The highest BCUT2D eigenvalue weighted by Gasteiger charge is 2.19. The van der Waals surface area contributed by atoms with Crippen molar-refractivity contribution in [2.75, 3.05) is 5.32 Å². The molecule has 4 aromatic rings. The molecule has 4 nitrogen and oxygen atoms in total. The zero-order valence-electron chi connectivity index (χ0n) is 16.0. The molecular formula is C24H18BrNO3. The van der Waals surface area contributed by atoms with Gasteiger partial charge in [-0.15, -0.1) is 0 Å². The minimum atomic E-state index is -0.212. The Balaban J connectivity index is 1.63. The molecule has 0 saturated carbocycles. The maximum Gasteiger partial charge on any atom is 0.255 e. The molecule has 0 unspecified atom stereocenters. The van der Waals surface area contributed by atoms with E-state index in [0.717, 1.165) is 21.0 Å². The van der Waals surface area contributed by atoms with Gasteiger partial charge in [0.1, 0.15) is 5.58 Å². The number of hydrogen-bond acceptors (Lipinski definition) is 3. The first-order chi connectivity index (χ1) is 13.9. The summed E-state index contributed by atoms with van der Waals surface area (Å²) >= 11 is 3.36. The van der Waals surface area contributed by atoms with Crippen molar-refractivity contribution in [3.05, 3.63) is 99.2 Å². The minimum absolute atomic E-state index is 0.154. The number of carbonyl (C=O) groups is 2. The van der Waals surface area contributed by atoms with Gasteiger partial charge in [-0.25, -0.2) is 0 Å². The van der Waals surface area contributed by atoms with E-state index in [1.807, 2.05) is 50.2 Å². The van der Waals surface area contributed by atoms with Gasteiger partial charge in [-0.2, -0.15) is 0 Å². The van der Waals surface area contributed by atoms with Gasteiger partial charge in [-0.05, 0) is 50.2 Å². The number of ketones is 1. The summed E-state index contributed by atoms with van der Waals surface area (Å²) in [7, 11) is 0. The third-order valence-corrected chi connectivity index (χ3v) is 5.35. The van der Waals surface area contributed by atoms with Crippen LogP contribution in [0, 0.1) is 13.8 Å². The van der Waals surface area contributed by atoms with Crippen LogP contribution in [0.4, 0.5) is 5.69 Å². The van der Waals surface area contributed by atoms with Gasteiger partial charge in [-0.1, -0.05) is 45.8 Å². The topological polar surface area (TPSA) is 59.3 Å². The standard InChI is InChI=1S/C24H18BrNO3/c1-14-3-5-16(6-4-14)22(27)23-15(2)20-12-11-19(13-21(20)29-23)26-24(28)17-7-9-18(25)10-8-17/h3-13H,1-2H3,(H,26,28). The van der Waals surface area contributed by atoms with Gasteiger partial charge < -0.3 is 9.73 Å². The molecule has 0 aliphatic carbocycles. The molecule has 0 atom stereocenters. The Morgan fingerprint density at radius 1 is 0.862 bits per heavy atom. The number of amides is 1. The van der Waals surface area contributed by atoms with E-state index in [2.05, 4.69) is 21.2 Å². The third kappa shape index (κ3) is 3.87. The molecule has 0 fully saturated rings. The normalized spacial score (nSPS) is 10.9. The molecule has 4 rings (SSSR count). The molecule has 0 aliphatic rings. The average Bonchev–Trinajstić information content (AvgIpc) is 3.04. The number of benzene rings is 3. The Kier molecular flexibility index (Phi) is 5.07. The first kappa shape index (κ1) is 19.2. The van der Waals surface area contributed by atoms with Gasteiger partial charge in [-0.3, -0.25) is 9.59 Å². The summed E-state index contributed by atoms with van der Waals surface area (Å²) in [5.74, 6) is -0.0459. The van der Waals surface area contributed by atoms with E-state index in [1.54, 1.807) is 30.3 Å². The van der Waals surface area contributed by atoms with Crippen molar-refractivity contribution in [1.82, 2.24) is 0 Å². The van der Waals surface area contributed by atoms with Gasteiger partial charge in [0.2, 0.25) is 5.78 Å². The smallest absolute Gasteiger partial charge is 0.255 e. The van der Waals surface area contributed by atoms with Crippen LogP contribution in [0.1, 0.15) is 37.6 Å². The first-order valence-corrected chi connectivity index (χ1v) is 9.93. The monoisotopic (exact) mass is 447 g/mol. The van der Waals surface area contributed by atoms with E-state index in [1.165, 1.54) is 0 Å². The van der Waals surface area contributed by atoms with Gasteiger partial charge >= 0.3 is 0 Å². The number of hydrogen-bond donors (Lipinski definition) is 1. The van der Waals surface area contributed by atoms with Crippen LogP contribution in [-0.2, 0) is 0 Å². The van der Waals surface area contributed by atoms with E-state index >= 15 is 0 Å². The van der Waals surface area contributed by atoms with E-state index in [0.29, 0.717) is 28.2 Å². The number of aryl methyl sites for hydroxylation is 2. The fourth-order valence-corrected chi connectivity index (χ4v) is 3.42. The lowest BCUT2D eigenvalue weighted by molar-refractivity contribution is 0.101. The summed E-state index contributed by atoms with van der Waals surface area (Å²) in [5, 5.41) is 3.72. The van der Waals surface area contributed by atoms with Crippen LogP contribution >= 0.6 is 15.9 Å². The van der Waals surface area contributed by atoms with E-state index in [9.17, 15) is 9.59 Å². The molecular weight excluding hydrogens is 430 g/mol. The molecule has 1 aromatic heterocycles. The summed E-state index contributed by atoms with van der Waals surface area (Å²) in [6.07, 6.45) is 0. The second-order valence-corrected chi connectivity index (χ2v) is 7.84. The Hall–Kier alpha value is -3.18. The largest absolute Gasteiger partial charge is 0.452 e. The molecule has 144 valence electrons. The number of carbonyl (C=O) groups excluding carboxylic acids is 2. The minimum Gasteiger partial charge on any atom is -0.452 e. The summed E-state index contributed by atoms with van der Waals surface area (Å²) < 4.78 is 6.79. The summed E-state index contributed by atoms with van der Waals surface area (Å²) in [5.41, 5.74) is 4.19. The van der Waals surface area contributed by atoms with E-state index in [4.69, 9.17) is 4.42 Å².